The molecule has 0 aliphatic carbocycles. The lowest BCUT2D eigenvalue weighted by Crippen LogP contribution is -2.43. The summed E-state index contributed by atoms with van der Waals surface area (Å²) in [7, 11) is 0. The number of hydrogen-bond acceptors (Lipinski definition) is 3. The van der Waals surface area contributed by atoms with Crippen LogP contribution >= 0.6 is 0 Å². The number of amides is 1. The van der Waals surface area contributed by atoms with Crippen molar-refractivity contribution in [3.63, 3.8) is 0 Å². The molecule has 0 spiro atoms. The molecule has 0 aromatic carbocycles. The van der Waals surface area contributed by atoms with E-state index in [1.165, 1.54) is 0 Å². The van der Waals surface area contributed by atoms with Crippen LogP contribution in [0.4, 0.5) is 0 Å². The zero-order valence-corrected chi connectivity index (χ0v) is 7.09. The third-order valence-corrected chi connectivity index (χ3v) is 2.36. The van der Waals surface area contributed by atoms with E-state index in [2.05, 4.69) is 10.3 Å². The molecule has 0 saturated carbocycles. The summed E-state index contributed by atoms with van der Waals surface area (Å²) in [6.45, 7) is 3.00. The number of amidine groups is 1. The Morgan fingerprint density at radius 3 is 3.00 bits per heavy atom. The Balaban J connectivity index is 2.13. The second kappa shape index (κ2) is 2.55. The first-order chi connectivity index (χ1) is 5.71. The fourth-order valence-electron chi connectivity index (χ4n) is 1.63. The Labute approximate surface area is 71.0 Å². The summed E-state index contributed by atoms with van der Waals surface area (Å²) in [4.78, 5) is 15.0. The van der Waals surface area contributed by atoms with E-state index < -0.39 is 0 Å². The zero-order chi connectivity index (χ0) is 8.60. The van der Waals surface area contributed by atoms with Crippen LogP contribution in [-0.4, -0.2) is 30.5 Å². The predicted octanol–water partition coefficient (Wildman–Crippen LogP) is 0.0838. The molecule has 1 amide bonds. The minimum absolute atomic E-state index is 0.0262. The number of hydrogen-bond donors (Lipinski definition) is 1. The van der Waals surface area contributed by atoms with Crippen LogP contribution in [0.15, 0.2) is 4.99 Å². The van der Waals surface area contributed by atoms with Crippen LogP contribution in [-0.2, 0) is 9.53 Å². The monoisotopic (exact) mass is 168 g/mol. The molecule has 2 rings (SSSR count). The molecule has 1 N–H and O–H groups in total. The Morgan fingerprint density at radius 2 is 2.50 bits per heavy atom. The Kier molecular flexibility index (Phi) is 1.65. The van der Waals surface area contributed by atoms with E-state index in [4.69, 9.17) is 4.74 Å². The summed E-state index contributed by atoms with van der Waals surface area (Å²) in [6, 6.07) is 0. The molecule has 0 radical (unpaired) electrons. The van der Waals surface area contributed by atoms with Gasteiger partial charge >= 0.3 is 0 Å². The highest BCUT2D eigenvalue weighted by Crippen LogP contribution is 2.26. The Bertz CT molecular complexity index is 241. The maximum atomic E-state index is 10.9. The number of ether oxygens (including phenoxy) is 1. The topological polar surface area (TPSA) is 50.7 Å². The van der Waals surface area contributed by atoms with Crippen molar-refractivity contribution < 1.29 is 9.53 Å². The van der Waals surface area contributed by atoms with Crippen molar-refractivity contribution in [1.82, 2.24) is 5.32 Å². The van der Waals surface area contributed by atoms with Gasteiger partial charge in [0.15, 0.2) is 0 Å². The normalized spacial score (nSPS) is 35.1. The minimum Gasteiger partial charge on any atom is -0.367 e. The summed E-state index contributed by atoms with van der Waals surface area (Å²) >= 11 is 0. The van der Waals surface area contributed by atoms with Crippen molar-refractivity contribution in [1.29, 1.82) is 0 Å². The molecule has 1 fully saturated rings. The van der Waals surface area contributed by atoms with Crippen LogP contribution in [0.5, 0.6) is 0 Å². The van der Waals surface area contributed by atoms with E-state index in [1.54, 1.807) is 0 Å². The summed E-state index contributed by atoms with van der Waals surface area (Å²) in [5.41, 5.74) is -0.327. The van der Waals surface area contributed by atoms with Gasteiger partial charge in [-0.1, -0.05) is 0 Å². The number of nitrogens with one attached hydrogen (secondary N) is 1. The smallest absolute Gasteiger partial charge is 0.247 e. The van der Waals surface area contributed by atoms with E-state index in [-0.39, 0.29) is 18.1 Å². The molecule has 4 nitrogen and oxygen atoms in total. The Morgan fingerprint density at radius 1 is 1.67 bits per heavy atom. The van der Waals surface area contributed by atoms with Gasteiger partial charge in [-0.15, -0.1) is 0 Å². The van der Waals surface area contributed by atoms with Crippen molar-refractivity contribution in [2.24, 2.45) is 4.99 Å². The number of nitrogens with zero attached hydrogens (tertiary/aromatic N) is 1. The average Bonchev–Trinajstić information content (AvgIpc) is 2.59. The highest BCUT2D eigenvalue weighted by atomic mass is 16.5. The van der Waals surface area contributed by atoms with Crippen LogP contribution < -0.4 is 5.32 Å². The van der Waals surface area contributed by atoms with Gasteiger partial charge in [0.05, 0.1) is 0 Å². The predicted molar refractivity (Wildman–Crippen MR) is 44.0 cm³/mol. The van der Waals surface area contributed by atoms with Gasteiger partial charge in [-0.3, -0.25) is 9.79 Å². The second-order valence-electron chi connectivity index (χ2n) is 3.40. The fraction of sp³-hybridized carbons (Fsp3) is 0.750. The first-order valence-corrected chi connectivity index (χ1v) is 4.19. The quantitative estimate of drug-likeness (QED) is 0.603. The first kappa shape index (κ1) is 7.73. The lowest BCUT2D eigenvalue weighted by molar-refractivity contribution is -0.117. The summed E-state index contributed by atoms with van der Waals surface area (Å²) in [5, 5.41) is 2.72. The van der Waals surface area contributed by atoms with Gasteiger partial charge in [-0.2, -0.15) is 0 Å². The van der Waals surface area contributed by atoms with Crippen LogP contribution in [0, 0.1) is 0 Å². The van der Waals surface area contributed by atoms with Gasteiger partial charge in [0.1, 0.15) is 18.0 Å². The highest BCUT2D eigenvalue weighted by Gasteiger charge is 2.38. The molecule has 1 saturated heterocycles. The van der Waals surface area contributed by atoms with Gasteiger partial charge in [0, 0.05) is 6.61 Å². The maximum Gasteiger partial charge on any atom is 0.247 e. The van der Waals surface area contributed by atoms with E-state index in [0.717, 1.165) is 19.4 Å². The molecule has 0 aromatic rings. The molecule has 2 aliphatic heterocycles. The Hall–Kier alpha value is -0.900. The standard InChI is InChI=1S/C8H12N2O2/c1-8(3-2-4-12-8)7-9-5-6(11)10-7/h2-5H2,1H3,(H,9,10,11). The zero-order valence-electron chi connectivity index (χ0n) is 7.09. The number of carbonyl (C=O) groups is 1. The largest absolute Gasteiger partial charge is 0.367 e. The molecule has 1 atom stereocenters. The van der Waals surface area contributed by atoms with Crippen LogP contribution in [0.25, 0.3) is 0 Å². The molecular formula is C8H12N2O2. The van der Waals surface area contributed by atoms with Gasteiger partial charge < -0.3 is 10.1 Å². The van der Waals surface area contributed by atoms with Gasteiger partial charge in [-0.25, -0.2) is 0 Å². The van der Waals surface area contributed by atoms with Crippen LogP contribution in [0.3, 0.4) is 0 Å². The number of aliphatic imine (C=N–C) groups is 1. The fourth-order valence-corrected chi connectivity index (χ4v) is 1.63. The summed E-state index contributed by atoms with van der Waals surface area (Å²) in [6.07, 6.45) is 2.00. The van der Waals surface area contributed by atoms with Crippen LogP contribution in [0.1, 0.15) is 19.8 Å². The SMILES string of the molecule is CC1(C2=NCC(=O)N2)CCCO1. The molecule has 0 bridgehead atoms. The molecule has 2 aliphatic rings. The number of carbonyl (C=O) groups excluding carboxylic acids is 1. The number of rotatable bonds is 1. The van der Waals surface area contributed by atoms with Gasteiger partial charge in [0.2, 0.25) is 5.91 Å². The highest BCUT2D eigenvalue weighted by molar-refractivity contribution is 6.07. The first-order valence-electron chi connectivity index (χ1n) is 4.19. The average molecular weight is 168 g/mol. The second-order valence-corrected chi connectivity index (χ2v) is 3.40. The van der Waals surface area contributed by atoms with Crippen molar-refractivity contribution in [3.05, 3.63) is 0 Å². The van der Waals surface area contributed by atoms with Crippen molar-refractivity contribution in [3.8, 4) is 0 Å². The molecular weight excluding hydrogens is 156 g/mol. The van der Waals surface area contributed by atoms with Crippen molar-refractivity contribution in [2.75, 3.05) is 13.2 Å². The van der Waals surface area contributed by atoms with E-state index in [0.29, 0.717) is 5.84 Å². The molecule has 12 heavy (non-hydrogen) atoms. The van der Waals surface area contributed by atoms with E-state index >= 15 is 0 Å². The third-order valence-electron chi connectivity index (χ3n) is 2.36. The van der Waals surface area contributed by atoms with Gasteiger partial charge in [-0.05, 0) is 19.8 Å². The lowest BCUT2D eigenvalue weighted by Gasteiger charge is -2.22. The van der Waals surface area contributed by atoms with E-state index in [9.17, 15) is 4.79 Å². The molecule has 1 unspecified atom stereocenters. The van der Waals surface area contributed by atoms with Crippen molar-refractivity contribution in [2.45, 2.75) is 25.4 Å². The molecule has 66 valence electrons. The lowest BCUT2D eigenvalue weighted by atomic mass is 10.0. The molecule has 4 heteroatoms. The van der Waals surface area contributed by atoms with Gasteiger partial charge in [0.25, 0.3) is 0 Å². The minimum atomic E-state index is -0.327. The van der Waals surface area contributed by atoms with Crippen molar-refractivity contribution >= 4 is 11.7 Å². The van der Waals surface area contributed by atoms with E-state index in [1.807, 2.05) is 6.92 Å². The molecule has 0 aromatic heterocycles. The van der Waals surface area contributed by atoms with Crippen LogP contribution in [0.2, 0.25) is 0 Å². The third kappa shape index (κ3) is 1.12. The summed E-state index contributed by atoms with van der Waals surface area (Å²) in [5.74, 6) is 0.687. The summed E-state index contributed by atoms with van der Waals surface area (Å²) < 4.78 is 5.53. The maximum absolute atomic E-state index is 10.9. The molecule has 2 heterocycles.